The molecule has 0 spiro atoms. The van der Waals surface area contributed by atoms with E-state index in [2.05, 4.69) is 5.32 Å². The first-order valence-electron chi connectivity index (χ1n) is 13.6. The maximum Gasteiger partial charge on any atom is 0.243 e. The second kappa shape index (κ2) is 15.4. The summed E-state index contributed by atoms with van der Waals surface area (Å²) in [4.78, 5) is 28.9. The van der Waals surface area contributed by atoms with Crippen molar-refractivity contribution >= 4 is 11.8 Å². The lowest BCUT2D eigenvalue weighted by Crippen LogP contribution is -2.50. The average Bonchev–Trinajstić information content (AvgIpc) is 2.95. The van der Waals surface area contributed by atoms with Gasteiger partial charge in [0, 0.05) is 25.9 Å². The number of methoxy groups -OCH3 is 1. The highest BCUT2D eigenvalue weighted by Crippen LogP contribution is 2.29. The van der Waals surface area contributed by atoms with Crippen molar-refractivity contribution in [3.63, 3.8) is 0 Å². The molecule has 0 saturated heterocycles. The Morgan fingerprint density at radius 3 is 2.23 bits per heavy atom. The monoisotopic (exact) mass is 532 g/mol. The number of carbonyl (C=O) groups excluding carboxylic acids is 2. The number of nitrogens with one attached hydrogen (secondary N) is 1. The van der Waals surface area contributed by atoms with Crippen LogP contribution in [-0.4, -0.2) is 49.6 Å². The number of hydrogen-bond donors (Lipinski definition) is 1. The van der Waals surface area contributed by atoms with E-state index in [9.17, 15) is 9.59 Å². The van der Waals surface area contributed by atoms with E-state index < -0.39 is 6.04 Å². The molecule has 0 aliphatic rings. The summed E-state index contributed by atoms with van der Waals surface area (Å²) in [7, 11) is 1.61. The Hall–Kier alpha value is -4.00. The van der Waals surface area contributed by atoms with E-state index in [0.29, 0.717) is 49.8 Å². The number of hydrogen-bond acceptors (Lipinski definition) is 5. The maximum absolute atomic E-state index is 13.9. The molecule has 0 saturated carbocycles. The number of rotatable bonds is 15. The van der Waals surface area contributed by atoms with E-state index in [4.69, 9.17) is 14.2 Å². The standard InChI is InChI=1S/C32H40N2O5/c1-5-33-32(36)28(21-24-12-9-8-10-13-24)34(23-26-14-11-15-27(20-26)37-4)31(35)19-17-25-16-18-29(38-6-2)30(22-25)39-7-3/h8-16,18,20,22,28H,5-7,17,19,21,23H2,1-4H3,(H,33,36)/t28-/m1/s1. The topological polar surface area (TPSA) is 77.1 Å². The minimum Gasteiger partial charge on any atom is -0.497 e. The first kappa shape index (κ1) is 29.6. The first-order valence-corrected chi connectivity index (χ1v) is 13.6. The van der Waals surface area contributed by atoms with Crippen LogP contribution in [0.3, 0.4) is 0 Å². The number of likely N-dealkylation sites (N-methyl/N-ethyl adjacent to an activating group) is 1. The Labute approximate surface area is 232 Å². The van der Waals surface area contributed by atoms with Gasteiger partial charge in [0.2, 0.25) is 11.8 Å². The van der Waals surface area contributed by atoms with Crippen LogP contribution >= 0.6 is 0 Å². The van der Waals surface area contributed by atoms with Gasteiger partial charge < -0.3 is 24.4 Å². The van der Waals surface area contributed by atoms with Gasteiger partial charge in [0.1, 0.15) is 11.8 Å². The van der Waals surface area contributed by atoms with Crippen LogP contribution in [0, 0.1) is 0 Å². The molecule has 0 fully saturated rings. The highest BCUT2D eigenvalue weighted by Gasteiger charge is 2.30. The van der Waals surface area contributed by atoms with E-state index in [1.165, 1.54) is 0 Å². The SMILES string of the molecule is CCNC(=O)[C@@H](Cc1ccccc1)N(Cc1cccc(OC)c1)C(=O)CCc1ccc(OCC)c(OCC)c1. The zero-order chi connectivity index (χ0) is 28.0. The molecular formula is C32H40N2O5. The molecular weight excluding hydrogens is 492 g/mol. The maximum atomic E-state index is 13.9. The normalized spacial score (nSPS) is 11.4. The summed E-state index contributed by atoms with van der Waals surface area (Å²) in [6, 6.07) is 22.5. The first-order chi connectivity index (χ1) is 19.0. The van der Waals surface area contributed by atoms with Crippen LogP contribution < -0.4 is 19.5 Å². The largest absolute Gasteiger partial charge is 0.497 e. The number of benzene rings is 3. The summed E-state index contributed by atoms with van der Waals surface area (Å²) in [6.45, 7) is 7.57. The molecule has 3 rings (SSSR count). The molecule has 0 aliphatic heterocycles. The van der Waals surface area contributed by atoms with Crippen LogP contribution in [0.15, 0.2) is 72.8 Å². The average molecular weight is 533 g/mol. The Morgan fingerprint density at radius 2 is 1.54 bits per heavy atom. The second-order valence-electron chi connectivity index (χ2n) is 9.12. The van der Waals surface area contributed by atoms with Crippen molar-refractivity contribution in [3.05, 3.63) is 89.5 Å². The second-order valence-corrected chi connectivity index (χ2v) is 9.12. The molecule has 7 heteroatoms. The lowest BCUT2D eigenvalue weighted by molar-refractivity contribution is -0.141. The van der Waals surface area contributed by atoms with Gasteiger partial charge in [-0.1, -0.05) is 48.5 Å². The highest BCUT2D eigenvalue weighted by molar-refractivity contribution is 5.88. The highest BCUT2D eigenvalue weighted by atomic mass is 16.5. The van der Waals surface area contributed by atoms with Crippen molar-refractivity contribution in [2.24, 2.45) is 0 Å². The van der Waals surface area contributed by atoms with Gasteiger partial charge in [0.25, 0.3) is 0 Å². The number of ether oxygens (including phenoxy) is 3. The molecule has 3 aromatic carbocycles. The van der Waals surface area contributed by atoms with Gasteiger partial charge in [-0.25, -0.2) is 0 Å². The summed E-state index contributed by atoms with van der Waals surface area (Å²) in [6.07, 6.45) is 1.17. The molecule has 1 N–H and O–H groups in total. The number of carbonyl (C=O) groups is 2. The van der Waals surface area contributed by atoms with Crippen LogP contribution in [0.4, 0.5) is 0 Å². The van der Waals surface area contributed by atoms with E-state index in [-0.39, 0.29) is 24.8 Å². The molecule has 7 nitrogen and oxygen atoms in total. The Balaban J connectivity index is 1.89. The molecule has 208 valence electrons. The molecule has 0 aromatic heterocycles. The fraction of sp³-hybridized carbons (Fsp3) is 0.375. The van der Waals surface area contributed by atoms with E-state index >= 15 is 0 Å². The summed E-state index contributed by atoms with van der Waals surface area (Å²) in [5, 5.41) is 2.94. The van der Waals surface area contributed by atoms with Crippen molar-refractivity contribution in [2.45, 2.75) is 52.6 Å². The Morgan fingerprint density at radius 1 is 0.821 bits per heavy atom. The zero-order valence-corrected chi connectivity index (χ0v) is 23.4. The van der Waals surface area contributed by atoms with Gasteiger partial charge in [0.05, 0.1) is 20.3 Å². The lowest BCUT2D eigenvalue weighted by atomic mass is 10.0. The third-order valence-corrected chi connectivity index (χ3v) is 6.34. The third-order valence-electron chi connectivity index (χ3n) is 6.34. The van der Waals surface area contributed by atoms with Crippen molar-refractivity contribution in [1.82, 2.24) is 10.2 Å². The fourth-order valence-corrected chi connectivity index (χ4v) is 4.46. The van der Waals surface area contributed by atoms with Gasteiger partial charge in [-0.05, 0) is 68.1 Å². The summed E-state index contributed by atoms with van der Waals surface area (Å²) in [5.41, 5.74) is 2.85. The fourth-order valence-electron chi connectivity index (χ4n) is 4.46. The molecule has 0 radical (unpaired) electrons. The smallest absolute Gasteiger partial charge is 0.243 e. The van der Waals surface area contributed by atoms with E-state index in [1.807, 2.05) is 93.6 Å². The van der Waals surface area contributed by atoms with Gasteiger partial charge >= 0.3 is 0 Å². The number of amides is 2. The van der Waals surface area contributed by atoms with Gasteiger partial charge in [0.15, 0.2) is 11.5 Å². The summed E-state index contributed by atoms with van der Waals surface area (Å²) < 4.78 is 16.8. The molecule has 3 aromatic rings. The molecule has 0 unspecified atom stereocenters. The van der Waals surface area contributed by atoms with Crippen molar-refractivity contribution < 1.29 is 23.8 Å². The van der Waals surface area contributed by atoms with Gasteiger partial charge in [-0.15, -0.1) is 0 Å². The number of aryl methyl sites for hydroxylation is 1. The molecule has 39 heavy (non-hydrogen) atoms. The van der Waals surface area contributed by atoms with Crippen molar-refractivity contribution in [2.75, 3.05) is 26.9 Å². The van der Waals surface area contributed by atoms with Crippen LogP contribution in [0.2, 0.25) is 0 Å². The quantitative estimate of drug-likeness (QED) is 0.291. The minimum atomic E-state index is -0.662. The van der Waals surface area contributed by atoms with Crippen LogP contribution in [0.1, 0.15) is 43.9 Å². The van der Waals surface area contributed by atoms with Crippen LogP contribution in [-0.2, 0) is 29.0 Å². The van der Waals surface area contributed by atoms with Crippen molar-refractivity contribution in [1.29, 1.82) is 0 Å². The third kappa shape index (κ3) is 8.77. The molecule has 0 heterocycles. The minimum absolute atomic E-state index is 0.100. The molecule has 1 atom stereocenters. The Kier molecular flexibility index (Phi) is 11.7. The predicted octanol–water partition coefficient (Wildman–Crippen LogP) is 5.20. The zero-order valence-electron chi connectivity index (χ0n) is 23.4. The van der Waals surface area contributed by atoms with E-state index in [1.54, 1.807) is 12.0 Å². The van der Waals surface area contributed by atoms with Crippen LogP contribution in [0.25, 0.3) is 0 Å². The lowest BCUT2D eigenvalue weighted by Gasteiger charge is -2.31. The molecule has 0 aliphatic carbocycles. The number of nitrogens with zero attached hydrogens (tertiary/aromatic N) is 1. The van der Waals surface area contributed by atoms with E-state index in [0.717, 1.165) is 16.7 Å². The van der Waals surface area contributed by atoms with Gasteiger partial charge in [-0.3, -0.25) is 9.59 Å². The Bertz CT molecular complexity index is 1200. The predicted molar refractivity (Wildman–Crippen MR) is 153 cm³/mol. The van der Waals surface area contributed by atoms with Gasteiger partial charge in [-0.2, -0.15) is 0 Å². The molecule has 2 amide bonds. The molecule has 0 bridgehead atoms. The summed E-state index contributed by atoms with van der Waals surface area (Å²) in [5.74, 6) is 1.79. The summed E-state index contributed by atoms with van der Waals surface area (Å²) >= 11 is 0. The van der Waals surface area contributed by atoms with Crippen LogP contribution in [0.5, 0.6) is 17.2 Å². The van der Waals surface area contributed by atoms with Crippen molar-refractivity contribution in [3.8, 4) is 17.2 Å².